The molecular formula is C5H8N2O2. The van der Waals surface area contributed by atoms with Gasteiger partial charge < -0.3 is 11.1 Å². The van der Waals surface area contributed by atoms with Gasteiger partial charge in [-0.15, -0.1) is 0 Å². The highest BCUT2D eigenvalue weighted by atomic mass is 16.2. The average molecular weight is 128 g/mol. The first-order valence-corrected chi connectivity index (χ1v) is 2.30. The second-order valence-corrected chi connectivity index (χ2v) is 1.52. The van der Waals surface area contributed by atoms with Crippen LogP contribution in [-0.2, 0) is 9.59 Å². The molecule has 0 bridgehead atoms. The van der Waals surface area contributed by atoms with Crippen LogP contribution in [0.15, 0.2) is 12.3 Å². The van der Waals surface area contributed by atoms with Crippen LogP contribution in [0.25, 0.3) is 0 Å². The van der Waals surface area contributed by atoms with E-state index < -0.39 is 5.91 Å². The SMILES string of the molecule is C=C(NC(C)=O)C(N)=O. The molecule has 9 heavy (non-hydrogen) atoms. The Hall–Kier alpha value is -1.32. The Morgan fingerprint density at radius 2 is 2.00 bits per heavy atom. The van der Waals surface area contributed by atoms with E-state index in [0.717, 1.165) is 0 Å². The summed E-state index contributed by atoms with van der Waals surface area (Å²) in [5.41, 5.74) is 4.65. The van der Waals surface area contributed by atoms with E-state index in [2.05, 4.69) is 11.9 Å². The molecule has 0 aliphatic heterocycles. The van der Waals surface area contributed by atoms with Crippen LogP contribution in [0.1, 0.15) is 6.92 Å². The van der Waals surface area contributed by atoms with Crippen LogP contribution in [0.4, 0.5) is 0 Å². The van der Waals surface area contributed by atoms with Crippen molar-refractivity contribution in [3.8, 4) is 0 Å². The standard InChI is InChI=1S/C5H8N2O2/c1-3(5(6)9)7-4(2)8/h1H2,2H3,(H2,6,9)(H,7,8). The predicted octanol–water partition coefficient (Wildman–Crippen LogP) is -0.878. The van der Waals surface area contributed by atoms with Gasteiger partial charge >= 0.3 is 0 Å². The third-order valence-electron chi connectivity index (χ3n) is 0.624. The number of hydrogen-bond acceptors (Lipinski definition) is 2. The maximum atomic E-state index is 10.2. The summed E-state index contributed by atoms with van der Waals surface area (Å²) in [4.78, 5) is 20.3. The fourth-order valence-electron chi connectivity index (χ4n) is 0.274. The van der Waals surface area contributed by atoms with Crippen LogP contribution in [0.5, 0.6) is 0 Å². The van der Waals surface area contributed by atoms with Crippen molar-refractivity contribution in [2.24, 2.45) is 5.73 Å². The summed E-state index contributed by atoms with van der Waals surface area (Å²) < 4.78 is 0. The van der Waals surface area contributed by atoms with E-state index in [0.29, 0.717) is 0 Å². The summed E-state index contributed by atoms with van der Waals surface area (Å²) in [6, 6.07) is 0. The average Bonchev–Trinajstić information content (AvgIpc) is 1.63. The highest BCUT2D eigenvalue weighted by Gasteiger charge is 2.00. The fourth-order valence-corrected chi connectivity index (χ4v) is 0.274. The highest BCUT2D eigenvalue weighted by Crippen LogP contribution is 1.78. The lowest BCUT2D eigenvalue weighted by Gasteiger charge is -1.98. The first-order chi connectivity index (χ1) is 4.04. The number of hydrogen-bond donors (Lipinski definition) is 2. The summed E-state index contributed by atoms with van der Waals surface area (Å²) >= 11 is 0. The summed E-state index contributed by atoms with van der Waals surface area (Å²) in [5.74, 6) is -1.07. The van der Waals surface area contributed by atoms with Crippen molar-refractivity contribution in [1.82, 2.24) is 5.32 Å². The topological polar surface area (TPSA) is 72.2 Å². The van der Waals surface area contributed by atoms with Gasteiger partial charge in [0.15, 0.2) is 0 Å². The van der Waals surface area contributed by atoms with Crippen molar-refractivity contribution in [2.45, 2.75) is 6.92 Å². The van der Waals surface area contributed by atoms with Gasteiger partial charge in [-0.1, -0.05) is 6.58 Å². The molecule has 0 spiro atoms. The molecule has 4 heteroatoms. The van der Waals surface area contributed by atoms with Crippen LogP contribution in [0, 0.1) is 0 Å². The van der Waals surface area contributed by atoms with Gasteiger partial charge in [0.05, 0.1) is 5.70 Å². The third kappa shape index (κ3) is 3.28. The van der Waals surface area contributed by atoms with E-state index in [9.17, 15) is 9.59 Å². The van der Waals surface area contributed by atoms with Crippen molar-refractivity contribution < 1.29 is 9.59 Å². The first-order valence-electron chi connectivity index (χ1n) is 2.30. The molecule has 0 heterocycles. The van der Waals surface area contributed by atoms with Crippen LogP contribution >= 0.6 is 0 Å². The van der Waals surface area contributed by atoms with Gasteiger partial charge in [0.25, 0.3) is 5.91 Å². The maximum absolute atomic E-state index is 10.2. The van der Waals surface area contributed by atoms with Gasteiger partial charge in [0, 0.05) is 6.92 Å². The zero-order chi connectivity index (χ0) is 7.44. The second-order valence-electron chi connectivity index (χ2n) is 1.52. The quantitative estimate of drug-likeness (QED) is 0.474. The minimum Gasteiger partial charge on any atom is -0.364 e. The summed E-state index contributed by atoms with van der Waals surface area (Å²) in [5, 5.41) is 2.13. The molecule has 4 nitrogen and oxygen atoms in total. The molecule has 0 aliphatic carbocycles. The Balaban J connectivity index is 3.79. The molecule has 50 valence electrons. The Morgan fingerprint density at radius 1 is 1.56 bits per heavy atom. The maximum Gasteiger partial charge on any atom is 0.264 e. The van der Waals surface area contributed by atoms with Gasteiger partial charge in [-0.2, -0.15) is 0 Å². The molecule has 0 atom stereocenters. The smallest absolute Gasteiger partial charge is 0.264 e. The molecule has 0 radical (unpaired) electrons. The first kappa shape index (κ1) is 7.68. The lowest BCUT2D eigenvalue weighted by Crippen LogP contribution is -2.28. The van der Waals surface area contributed by atoms with Gasteiger partial charge in [0.2, 0.25) is 5.91 Å². The molecule has 0 aromatic carbocycles. The minimum atomic E-state index is -0.717. The number of carbonyl (C=O) groups excluding carboxylic acids is 2. The van der Waals surface area contributed by atoms with Crippen molar-refractivity contribution in [2.75, 3.05) is 0 Å². The number of nitrogens with two attached hydrogens (primary N) is 1. The molecule has 0 saturated carbocycles. The minimum absolute atomic E-state index is 0.0810. The lowest BCUT2D eigenvalue weighted by atomic mass is 10.4. The summed E-state index contributed by atoms with van der Waals surface area (Å²) in [6.45, 7) is 4.46. The third-order valence-corrected chi connectivity index (χ3v) is 0.624. The molecule has 0 fully saturated rings. The molecule has 0 aromatic heterocycles. The summed E-state index contributed by atoms with van der Waals surface area (Å²) in [7, 11) is 0. The largest absolute Gasteiger partial charge is 0.364 e. The zero-order valence-electron chi connectivity index (χ0n) is 5.10. The number of primary amides is 1. The Bertz CT molecular complexity index is 162. The molecule has 0 aliphatic rings. The Labute approximate surface area is 52.7 Å². The fraction of sp³-hybridized carbons (Fsp3) is 0.200. The summed E-state index contributed by atoms with van der Waals surface area (Å²) in [6.07, 6.45) is 0. The molecule has 2 amide bonds. The van der Waals surface area contributed by atoms with Crippen molar-refractivity contribution >= 4 is 11.8 Å². The second kappa shape index (κ2) is 2.86. The van der Waals surface area contributed by atoms with E-state index in [-0.39, 0.29) is 11.6 Å². The molecule has 0 aromatic rings. The van der Waals surface area contributed by atoms with Gasteiger partial charge in [-0.25, -0.2) is 0 Å². The molecule has 0 saturated heterocycles. The van der Waals surface area contributed by atoms with Gasteiger partial charge in [-0.05, 0) is 0 Å². The normalized spacial score (nSPS) is 8.11. The van der Waals surface area contributed by atoms with Gasteiger partial charge in [-0.3, -0.25) is 9.59 Å². The van der Waals surface area contributed by atoms with E-state index in [1.54, 1.807) is 0 Å². The molecule has 3 N–H and O–H groups in total. The van der Waals surface area contributed by atoms with E-state index in [1.807, 2.05) is 0 Å². The van der Waals surface area contributed by atoms with Crippen LogP contribution in [0.2, 0.25) is 0 Å². The molecule has 0 unspecified atom stereocenters. The predicted molar refractivity (Wildman–Crippen MR) is 32.2 cm³/mol. The number of rotatable bonds is 2. The Morgan fingerprint density at radius 3 is 2.11 bits per heavy atom. The van der Waals surface area contributed by atoms with E-state index >= 15 is 0 Å². The molecule has 0 rings (SSSR count). The molecular weight excluding hydrogens is 120 g/mol. The lowest BCUT2D eigenvalue weighted by molar-refractivity contribution is -0.121. The zero-order valence-corrected chi connectivity index (χ0v) is 5.10. The van der Waals surface area contributed by atoms with Gasteiger partial charge in [0.1, 0.15) is 0 Å². The highest BCUT2D eigenvalue weighted by molar-refractivity contribution is 5.95. The van der Waals surface area contributed by atoms with Crippen molar-refractivity contribution in [1.29, 1.82) is 0 Å². The Kier molecular flexibility index (Phi) is 2.44. The number of nitrogens with one attached hydrogen (secondary N) is 1. The number of carbonyl (C=O) groups is 2. The van der Waals surface area contributed by atoms with Crippen LogP contribution in [-0.4, -0.2) is 11.8 Å². The monoisotopic (exact) mass is 128 g/mol. The van der Waals surface area contributed by atoms with Crippen LogP contribution < -0.4 is 11.1 Å². The van der Waals surface area contributed by atoms with Crippen LogP contribution in [0.3, 0.4) is 0 Å². The number of amides is 2. The van der Waals surface area contributed by atoms with Crippen molar-refractivity contribution in [3.05, 3.63) is 12.3 Å². The van der Waals surface area contributed by atoms with E-state index in [4.69, 9.17) is 5.73 Å². The van der Waals surface area contributed by atoms with E-state index in [1.165, 1.54) is 6.92 Å². The van der Waals surface area contributed by atoms with Crippen molar-refractivity contribution in [3.63, 3.8) is 0 Å².